The van der Waals surface area contributed by atoms with Crippen molar-refractivity contribution in [3.8, 4) is 11.5 Å². The molecule has 1 heterocycles. The molecule has 0 unspecified atom stereocenters. The molecule has 4 rings (SSSR count). The van der Waals surface area contributed by atoms with Crippen molar-refractivity contribution < 1.29 is 9.47 Å². The molecule has 0 N–H and O–H groups in total. The highest BCUT2D eigenvalue weighted by molar-refractivity contribution is 9.10. The van der Waals surface area contributed by atoms with Crippen molar-refractivity contribution >= 4 is 38.9 Å². The highest BCUT2D eigenvalue weighted by atomic mass is 79.9. The topological polar surface area (TPSA) is 34.1 Å². The predicted molar refractivity (Wildman–Crippen MR) is 122 cm³/mol. The minimum absolute atomic E-state index is 0.00386. The maximum absolute atomic E-state index is 6.07. The van der Waals surface area contributed by atoms with Gasteiger partial charge in [-0.15, -0.1) is 0 Å². The molecule has 0 bridgehead atoms. The van der Waals surface area contributed by atoms with Gasteiger partial charge in [-0.3, -0.25) is 5.01 Å². The lowest BCUT2D eigenvalue weighted by Crippen LogP contribution is -2.19. The second-order valence-corrected chi connectivity index (χ2v) is 8.06. The van der Waals surface area contributed by atoms with Crippen LogP contribution in [0.5, 0.6) is 11.5 Å². The number of nitrogens with zero attached hydrogens (tertiary/aromatic N) is 2. The van der Waals surface area contributed by atoms with Crippen LogP contribution in [0.2, 0.25) is 5.02 Å². The Labute approximate surface area is 183 Å². The summed E-state index contributed by atoms with van der Waals surface area (Å²) in [6.45, 7) is 0. The number of halogens is 2. The molecule has 0 aliphatic carbocycles. The van der Waals surface area contributed by atoms with Crippen LogP contribution in [0.4, 0.5) is 5.69 Å². The van der Waals surface area contributed by atoms with Crippen LogP contribution in [-0.4, -0.2) is 19.9 Å². The Bertz CT molecular complexity index is 1050. The van der Waals surface area contributed by atoms with Crippen molar-refractivity contribution in [2.45, 2.75) is 12.5 Å². The van der Waals surface area contributed by atoms with E-state index in [9.17, 15) is 0 Å². The van der Waals surface area contributed by atoms with Gasteiger partial charge < -0.3 is 9.47 Å². The van der Waals surface area contributed by atoms with E-state index in [1.54, 1.807) is 14.2 Å². The molecule has 0 aromatic heterocycles. The lowest BCUT2D eigenvalue weighted by atomic mass is 9.97. The quantitative estimate of drug-likeness (QED) is 0.427. The van der Waals surface area contributed by atoms with E-state index in [-0.39, 0.29) is 6.04 Å². The summed E-state index contributed by atoms with van der Waals surface area (Å²) in [6.07, 6.45) is 0.747. The molecule has 0 saturated heterocycles. The van der Waals surface area contributed by atoms with Gasteiger partial charge in [0.25, 0.3) is 0 Å². The summed E-state index contributed by atoms with van der Waals surface area (Å²) in [5.74, 6) is 1.54. The van der Waals surface area contributed by atoms with E-state index in [2.05, 4.69) is 33.1 Å². The smallest absolute Gasteiger partial charge is 0.127 e. The van der Waals surface area contributed by atoms with Crippen LogP contribution in [-0.2, 0) is 0 Å². The van der Waals surface area contributed by atoms with Crippen LogP contribution in [0.15, 0.2) is 76.3 Å². The first-order chi connectivity index (χ1) is 14.1. The Morgan fingerprint density at radius 1 is 1.00 bits per heavy atom. The lowest BCUT2D eigenvalue weighted by Gasteiger charge is -2.25. The highest BCUT2D eigenvalue weighted by Gasteiger charge is 2.32. The monoisotopic (exact) mass is 470 g/mol. The number of hydrazone groups is 1. The average molecular weight is 472 g/mol. The van der Waals surface area contributed by atoms with Crippen LogP contribution in [0, 0.1) is 0 Å². The van der Waals surface area contributed by atoms with Crippen molar-refractivity contribution in [1.82, 2.24) is 0 Å². The van der Waals surface area contributed by atoms with E-state index in [0.717, 1.165) is 44.9 Å². The predicted octanol–water partition coefficient (Wildman–Crippen LogP) is 6.48. The summed E-state index contributed by atoms with van der Waals surface area (Å²) >= 11 is 9.64. The van der Waals surface area contributed by atoms with Crippen molar-refractivity contribution in [1.29, 1.82) is 0 Å². The summed E-state index contributed by atoms with van der Waals surface area (Å²) in [6, 6.07) is 21.9. The molecule has 1 aliphatic heterocycles. The Morgan fingerprint density at radius 2 is 1.79 bits per heavy atom. The van der Waals surface area contributed by atoms with Gasteiger partial charge in [-0.25, -0.2) is 0 Å². The van der Waals surface area contributed by atoms with E-state index >= 15 is 0 Å². The molecule has 1 aliphatic rings. The molecule has 0 spiro atoms. The molecule has 0 fully saturated rings. The number of benzene rings is 3. The number of hydrogen-bond acceptors (Lipinski definition) is 4. The zero-order chi connectivity index (χ0) is 20.4. The summed E-state index contributed by atoms with van der Waals surface area (Å²) in [5, 5.41) is 7.74. The molecule has 29 heavy (non-hydrogen) atoms. The molecule has 148 valence electrons. The maximum Gasteiger partial charge on any atom is 0.127 e. The third kappa shape index (κ3) is 4.11. The fraction of sp³-hybridized carbons (Fsp3) is 0.174. The van der Waals surface area contributed by atoms with Crippen molar-refractivity contribution in [2.75, 3.05) is 19.2 Å². The van der Waals surface area contributed by atoms with E-state index < -0.39 is 0 Å². The van der Waals surface area contributed by atoms with E-state index in [1.807, 2.05) is 54.6 Å². The molecule has 6 heteroatoms. The van der Waals surface area contributed by atoms with Gasteiger partial charge in [0.2, 0.25) is 0 Å². The van der Waals surface area contributed by atoms with Crippen molar-refractivity contribution in [3.05, 3.63) is 87.4 Å². The summed E-state index contributed by atoms with van der Waals surface area (Å²) < 4.78 is 12.0. The molecule has 0 saturated carbocycles. The zero-order valence-electron chi connectivity index (χ0n) is 16.1. The highest BCUT2D eigenvalue weighted by Crippen LogP contribution is 2.41. The van der Waals surface area contributed by atoms with Gasteiger partial charge in [0, 0.05) is 27.5 Å². The van der Waals surface area contributed by atoms with E-state index in [0.29, 0.717) is 5.02 Å². The first-order valence-corrected chi connectivity index (χ1v) is 10.4. The number of ether oxygens (including phenoxy) is 2. The first kappa shape index (κ1) is 19.8. The number of methoxy groups -OCH3 is 2. The molecular weight excluding hydrogens is 452 g/mol. The standard InChI is InChI=1S/C23H20BrClN2O2/c1-28-19-10-11-20(23(13-19)29-2)22-14-21(15-6-8-17(25)9-7-15)26-27(22)18-5-3-4-16(24)12-18/h3-13,22H,14H2,1-2H3/t22-/m1/s1. The molecule has 3 aromatic carbocycles. The fourth-order valence-electron chi connectivity index (χ4n) is 3.52. The second kappa shape index (κ2) is 8.47. The molecular formula is C23H20BrClN2O2. The van der Waals surface area contributed by atoms with E-state index in [1.165, 1.54) is 0 Å². The molecule has 3 aromatic rings. The van der Waals surface area contributed by atoms with Crippen LogP contribution in [0.1, 0.15) is 23.6 Å². The Balaban J connectivity index is 1.79. The largest absolute Gasteiger partial charge is 0.497 e. The summed E-state index contributed by atoms with van der Waals surface area (Å²) in [5.41, 5.74) is 4.13. The Morgan fingerprint density at radius 3 is 2.48 bits per heavy atom. The van der Waals surface area contributed by atoms with Crippen LogP contribution >= 0.6 is 27.5 Å². The van der Waals surface area contributed by atoms with Crippen LogP contribution in [0.25, 0.3) is 0 Å². The van der Waals surface area contributed by atoms with Gasteiger partial charge in [0.15, 0.2) is 0 Å². The number of rotatable bonds is 5. The SMILES string of the molecule is COc1ccc([C@H]2CC(c3ccc(Cl)cc3)=NN2c2cccc(Br)c2)c(OC)c1. The minimum atomic E-state index is -0.00386. The van der Waals surface area contributed by atoms with Crippen LogP contribution < -0.4 is 14.5 Å². The van der Waals surface area contributed by atoms with Crippen LogP contribution in [0.3, 0.4) is 0 Å². The molecule has 0 amide bonds. The van der Waals surface area contributed by atoms with Gasteiger partial charge in [-0.1, -0.05) is 45.7 Å². The first-order valence-electron chi connectivity index (χ1n) is 9.19. The zero-order valence-corrected chi connectivity index (χ0v) is 18.4. The normalized spacial score (nSPS) is 15.9. The maximum atomic E-state index is 6.07. The Kier molecular flexibility index (Phi) is 5.79. The molecule has 1 atom stereocenters. The summed E-state index contributed by atoms with van der Waals surface area (Å²) in [7, 11) is 3.33. The fourth-order valence-corrected chi connectivity index (χ4v) is 4.03. The van der Waals surface area contributed by atoms with Crippen molar-refractivity contribution in [2.24, 2.45) is 5.10 Å². The third-order valence-electron chi connectivity index (χ3n) is 4.96. The van der Waals surface area contributed by atoms with Gasteiger partial charge in [0.1, 0.15) is 11.5 Å². The van der Waals surface area contributed by atoms with Crippen molar-refractivity contribution in [3.63, 3.8) is 0 Å². The van der Waals surface area contributed by atoms with Gasteiger partial charge in [-0.2, -0.15) is 5.10 Å². The third-order valence-corrected chi connectivity index (χ3v) is 5.71. The molecule has 0 radical (unpaired) electrons. The van der Waals surface area contributed by atoms with Gasteiger partial charge in [-0.05, 0) is 48.0 Å². The summed E-state index contributed by atoms with van der Waals surface area (Å²) in [4.78, 5) is 0. The number of anilines is 1. The van der Waals surface area contributed by atoms with Gasteiger partial charge in [0.05, 0.1) is 31.7 Å². The lowest BCUT2D eigenvalue weighted by molar-refractivity contribution is 0.388. The second-order valence-electron chi connectivity index (χ2n) is 6.71. The number of hydrogen-bond donors (Lipinski definition) is 0. The molecule has 4 nitrogen and oxygen atoms in total. The minimum Gasteiger partial charge on any atom is -0.497 e. The van der Waals surface area contributed by atoms with Gasteiger partial charge >= 0.3 is 0 Å². The Hall–Kier alpha value is -2.50. The average Bonchev–Trinajstić information content (AvgIpc) is 3.19. The van der Waals surface area contributed by atoms with E-state index in [4.69, 9.17) is 26.2 Å².